The first-order valence-electron chi connectivity index (χ1n) is 13.4. The Labute approximate surface area is 243 Å². The molecule has 0 amide bonds. The Balaban J connectivity index is 1.61. The highest BCUT2D eigenvalue weighted by atomic mass is 31.1. The zero-order valence-electron chi connectivity index (χ0n) is 22.3. The van der Waals surface area contributed by atoms with Crippen LogP contribution in [-0.4, -0.2) is 11.6 Å². The Morgan fingerprint density at radius 2 is 0.951 bits per heavy atom. The molecule has 196 valence electrons. The van der Waals surface area contributed by atoms with E-state index in [1.807, 2.05) is 91.0 Å². The van der Waals surface area contributed by atoms with Gasteiger partial charge in [-0.3, -0.25) is 9.59 Å². The highest BCUT2D eigenvalue weighted by molar-refractivity contribution is 7.82. The molecule has 0 radical (unpaired) electrons. The monoisotopic (exact) mass is 564 g/mol. The van der Waals surface area contributed by atoms with Gasteiger partial charge in [0.05, 0.1) is 5.57 Å². The predicted octanol–water partition coefficient (Wildman–Crippen LogP) is 6.43. The summed E-state index contributed by atoms with van der Waals surface area (Å²) in [6.07, 6.45) is 8.30. The highest BCUT2D eigenvalue weighted by Gasteiger charge is 2.44. The first-order chi connectivity index (χ1) is 20.2. The van der Waals surface area contributed by atoms with Crippen molar-refractivity contribution < 1.29 is 9.59 Å². The zero-order chi connectivity index (χ0) is 28.0. The third-order valence-corrected chi connectivity index (χ3v) is 12.1. The average Bonchev–Trinajstić information content (AvgIpc) is 3.63. The fourth-order valence-corrected chi connectivity index (χ4v) is 10.4. The van der Waals surface area contributed by atoms with Gasteiger partial charge in [0.2, 0.25) is 0 Å². The lowest BCUT2D eigenvalue weighted by molar-refractivity contribution is -0.115. The van der Waals surface area contributed by atoms with Crippen molar-refractivity contribution in [3.63, 3.8) is 0 Å². The van der Waals surface area contributed by atoms with Gasteiger partial charge in [-0.1, -0.05) is 151 Å². The van der Waals surface area contributed by atoms with Crippen molar-refractivity contribution in [2.75, 3.05) is 0 Å². The van der Waals surface area contributed by atoms with E-state index < -0.39 is 15.8 Å². The van der Waals surface area contributed by atoms with Gasteiger partial charge in [-0.2, -0.15) is 0 Å². The lowest BCUT2D eigenvalue weighted by Gasteiger charge is -2.25. The third-order valence-electron chi connectivity index (χ3n) is 6.87. The van der Waals surface area contributed by atoms with Crippen LogP contribution in [-0.2, 0) is 9.59 Å². The highest BCUT2D eigenvalue weighted by Crippen LogP contribution is 2.58. The molecule has 2 nitrogen and oxygen atoms in total. The third kappa shape index (κ3) is 5.62. The van der Waals surface area contributed by atoms with Gasteiger partial charge in [0.1, 0.15) is 0 Å². The SMILES string of the molecule is O=C1C(=CC#CC2=CC=CC2)C(=O)C(P(c2ccccc2)c2ccccc2)=C1P(c1ccccc1)c1ccccc1. The van der Waals surface area contributed by atoms with E-state index in [0.29, 0.717) is 10.6 Å². The molecule has 0 N–H and O–H groups in total. The Morgan fingerprint density at radius 3 is 1.29 bits per heavy atom. The zero-order valence-corrected chi connectivity index (χ0v) is 24.1. The molecule has 0 aromatic heterocycles. The molecule has 0 saturated heterocycles. The average molecular weight is 565 g/mol. The van der Waals surface area contributed by atoms with Crippen molar-refractivity contribution in [3.8, 4) is 11.8 Å². The van der Waals surface area contributed by atoms with Gasteiger partial charge in [0, 0.05) is 22.3 Å². The van der Waals surface area contributed by atoms with Crippen LogP contribution in [0.3, 0.4) is 0 Å². The van der Waals surface area contributed by atoms with Crippen LogP contribution < -0.4 is 21.2 Å². The number of hydrogen-bond donors (Lipinski definition) is 0. The summed E-state index contributed by atoms with van der Waals surface area (Å²) in [5.41, 5.74) is 1.13. The van der Waals surface area contributed by atoms with Crippen LogP contribution in [0.15, 0.2) is 167 Å². The lowest BCUT2D eigenvalue weighted by Crippen LogP contribution is -2.18. The summed E-state index contributed by atoms with van der Waals surface area (Å²) < 4.78 is 0. The van der Waals surface area contributed by atoms with Gasteiger partial charge in [-0.25, -0.2) is 0 Å². The molecule has 4 heteroatoms. The molecule has 2 aliphatic rings. The van der Waals surface area contributed by atoms with Crippen molar-refractivity contribution in [2.24, 2.45) is 0 Å². The normalized spacial score (nSPS) is 14.5. The van der Waals surface area contributed by atoms with E-state index in [1.54, 1.807) is 6.08 Å². The smallest absolute Gasteiger partial charge is 0.199 e. The van der Waals surface area contributed by atoms with E-state index in [1.165, 1.54) is 0 Å². The Morgan fingerprint density at radius 1 is 0.561 bits per heavy atom. The second-order valence-electron chi connectivity index (χ2n) is 9.52. The minimum absolute atomic E-state index is 0.160. The van der Waals surface area contributed by atoms with Crippen LogP contribution in [0.4, 0.5) is 0 Å². The molecule has 2 aliphatic carbocycles. The number of carbonyl (C=O) groups excluding carboxylic acids is 2. The number of carbonyl (C=O) groups is 2. The molecule has 0 bridgehead atoms. The Kier molecular flexibility index (Phi) is 8.11. The summed E-state index contributed by atoms with van der Waals surface area (Å²) in [7, 11) is -2.61. The Bertz CT molecular complexity index is 1590. The summed E-state index contributed by atoms with van der Waals surface area (Å²) in [5.74, 6) is 5.73. The van der Waals surface area contributed by atoms with Crippen molar-refractivity contribution in [1.29, 1.82) is 0 Å². The molecule has 0 aliphatic heterocycles. The molecule has 0 saturated carbocycles. The summed E-state index contributed by atoms with van der Waals surface area (Å²) in [6.45, 7) is 0. The maximum Gasteiger partial charge on any atom is 0.199 e. The number of allylic oxidation sites excluding steroid dienone is 8. The largest absolute Gasteiger partial charge is 0.288 e. The molecule has 0 unspecified atom stereocenters. The van der Waals surface area contributed by atoms with Crippen LogP contribution in [0.2, 0.25) is 0 Å². The van der Waals surface area contributed by atoms with Crippen molar-refractivity contribution in [3.05, 3.63) is 167 Å². The summed E-state index contributed by atoms with van der Waals surface area (Å²) in [4.78, 5) is 29.0. The minimum Gasteiger partial charge on any atom is -0.288 e. The van der Waals surface area contributed by atoms with Crippen molar-refractivity contribution in [1.82, 2.24) is 0 Å². The lowest BCUT2D eigenvalue weighted by atomic mass is 10.1. The first kappa shape index (κ1) is 26.8. The summed E-state index contributed by atoms with van der Waals surface area (Å²) in [5, 5.41) is 5.36. The van der Waals surface area contributed by atoms with Crippen molar-refractivity contribution in [2.45, 2.75) is 6.42 Å². The van der Waals surface area contributed by atoms with E-state index >= 15 is 0 Å². The molecule has 4 aromatic carbocycles. The number of Topliss-reactive ketones (excluding diaryl/α,β-unsaturated/α-hetero) is 2. The molecule has 4 aromatic rings. The van der Waals surface area contributed by atoms with E-state index in [0.717, 1.165) is 33.2 Å². The van der Waals surface area contributed by atoms with Gasteiger partial charge >= 0.3 is 0 Å². The maximum atomic E-state index is 14.5. The number of benzene rings is 4. The molecular formula is C37H26O2P2. The predicted molar refractivity (Wildman–Crippen MR) is 173 cm³/mol. The fourth-order valence-electron chi connectivity index (χ4n) is 4.98. The molecule has 0 spiro atoms. The van der Waals surface area contributed by atoms with Crippen LogP contribution in [0, 0.1) is 11.8 Å². The summed E-state index contributed by atoms with van der Waals surface area (Å²) in [6, 6.07) is 40.4. The van der Waals surface area contributed by atoms with Gasteiger partial charge in [-0.15, -0.1) is 0 Å². The van der Waals surface area contributed by atoms with Crippen LogP contribution in [0.25, 0.3) is 0 Å². The van der Waals surface area contributed by atoms with E-state index in [9.17, 15) is 9.59 Å². The fraction of sp³-hybridized carbons (Fsp3) is 0.0270. The molecule has 41 heavy (non-hydrogen) atoms. The first-order valence-corrected chi connectivity index (χ1v) is 16.1. The molecule has 0 fully saturated rings. The number of hydrogen-bond acceptors (Lipinski definition) is 2. The van der Waals surface area contributed by atoms with Gasteiger partial charge in [-0.05, 0) is 43.5 Å². The van der Waals surface area contributed by atoms with Crippen LogP contribution in [0.5, 0.6) is 0 Å². The summed E-state index contributed by atoms with van der Waals surface area (Å²) >= 11 is 0. The van der Waals surface area contributed by atoms with Crippen LogP contribution >= 0.6 is 15.8 Å². The molecular weight excluding hydrogens is 538 g/mol. The minimum atomic E-state index is -1.31. The second-order valence-corrected chi connectivity index (χ2v) is 13.8. The molecule has 0 atom stereocenters. The van der Waals surface area contributed by atoms with E-state index in [2.05, 4.69) is 60.4 Å². The van der Waals surface area contributed by atoms with E-state index in [4.69, 9.17) is 0 Å². The van der Waals surface area contributed by atoms with Gasteiger partial charge in [0.25, 0.3) is 0 Å². The van der Waals surface area contributed by atoms with Gasteiger partial charge in [0.15, 0.2) is 11.6 Å². The van der Waals surface area contributed by atoms with Crippen molar-refractivity contribution >= 4 is 48.6 Å². The maximum absolute atomic E-state index is 14.5. The number of rotatable bonds is 6. The molecule has 0 heterocycles. The topological polar surface area (TPSA) is 34.1 Å². The van der Waals surface area contributed by atoms with Gasteiger partial charge < -0.3 is 0 Å². The molecule has 6 rings (SSSR count). The van der Waals surface area contributed by atoms with Crippen LogP contribution in [0.1, 0.15) is 6.42 Å². The quantitative estimate of drug-likeness (QED) is 0.117. The number of ketones is 2. The Hall–Kier alpha value is -4.40. The van der Waals surface area contributed by atoms with E-state index in [-0.39, 0.29) is 17.1 Å². The standard InChI is InChI=1S/C37H26O2P2/c38-34-33(27-15-18-28-16-13-14-17-28)35(39)37(41(31-23-9-3-10-24-31)32-25-11-4-12-26-32)36(34)40(29-19-5-1-6-20-29)30-21-7-2-8-22-30/h1-14,16,19-27H,17H2. The second kappa shape index (κ2) is 12.4.